The summed E-state index contributed by atoms with van der Waals surface area (Å²) in [5, 5.41) is 0. The van der Waals surface area contributed by atoms with Gasteiger partial charge in [-0.15, -0.1) is 0 Å². The molecule has 0 saturated heterocycles. The molecule has 0 aliphatic rings. The first kappa shape index (κ1) is 9.80. The number of likely N-dealkylation sites (N-methyl/N-ethyl adjacent to an activating group) is 1. The molecule has 0 aliphatic heterocycles. The first-order valence-electron chi connectivity index (χ1n) is 4.00. The molecule has 0 bridgehead atoms. The summed E-state index contributed by atoms with van der Waals surface area (Å²) in [5.74, 6) is 0.598. The van der Waals surface area contributed by atoms with Crippen molar-refractivity contribution in [3.63, 3.8) is 0 Å². The van der Waals surface area contributed by atoms with Crippen molar-refractivity contribution in [3.05, 3.63) is 24.2 Å². The van der Waals surface area contributed by atoms with Crippen LogP contribution in [0.1, 0.15) is 5.76 Å². The maximum atomic E-state index is 10.9. The number of methoxy groups -OCH3 is 1. The summed E-state index contributed by atoms with van der Waals surface area (Å²) in [5.41, 5.74) is 0. The highest BCUT2D eigenvalue weighted by atomic mass is 16.5. The molecule has 0 saturated carbocycles. The van der Waals surface area contributed by atoms with Crippen molar-refractivity contribution in [3.8, 4) is 0 Å². The number of hydrogen-bond acceptors (Lipinski definition) is 4. The molecule has 1 aromatic heterocycles. The van der Waals surface area contributed by atoms with Gasteiger partial charge >= 0.3 is 5.97 Å². The molecular formula is C9H13NO3. The van der Waals surface area contributed by atoms with Crippen LogP contribution in [0.2, 0.25) is 0 Å². The Kier molecular flexibility index (Phi) is 3.52. The van der Waals surface area contributed by atoms with Gasteiger partial charge < -0.3 is 9.15 Å². The van der Waals surface area contributed by atoms with Gasteiger partial charge in [0.25, 0.3) is 0 Å². The van der Waals surface area contributed by atoms with Crippen LogP contribution in [0.15, 0.2) is 22.8 Å². The molecule has 0 amide bonds. The van der Waals surface area contributed by atoms with Crippen LogP contribution in [0.3, 0.4) is 0 Å². The lowest BCUT2D eigenvalue weighted by molar-refractivity contribution is -0.141. The monoisotopic (exact) mass is 183 g/mol. The molecule has 0 aromatic carbocycles. The SMILES string of the molecule is COC(=O)CN(C)Cc1ccco1. The lowest BCUT2D eigenvalue weighted by Gasteiger charge is -2.12. The fourth-order valence-electron chi connectivity index (χ4n) is 1.01. The third kappa shape index (κ3) is 3.29. The smallest absolute Gasteiger partial charge is 0.319 e. The van der Waals surface area contributed by atoms with E-state index in [0.717, 1.165) is 5.76 Å². The Hall–Kier alpha value is -1.29. The summed E-state index contributed by atoms with van der Waals surface area (Å²) < 4.78 is 9.65. The van der Waals surface area contributed by atoms with Gasteiger partial charge in [0.05, 0.1) is 26.5 Å². The molecule has 1 heterocycles. The molecule has 0 spiro atoms. The molecule has 0 atom stereocenters. The fraction of sp³-hybridized carbons (Fsp3) is 0.444. The van der Waals surface area contributed by atoms with Crippen LogP contribution < -0.4 is 0 Å². The molecule has 1 rings (SSSR count). The van der Waals surface area contributed by atoms with E-state index in [1.165, 1.54) is 7.11 Å². The summed E-state index contributed by atoms with van der Waals surface area (Å²) in [6.07, 6.45) is 1.61. The van der Waals surface area contributed by atoms with Gasteiger partial charge in [-0.05, 0) is 19.2 Å². The molecule has 0 unspecified atom stereocenters. The first-order chi connectivity index (χ1) is 6.22. The average Bonchev–Trinajstić information content (AvgIpc) is 2.56. The van der Waals surface area contributed by atoms with E-state index in [1.807, 2.05) is 24.1 Å². The van der Waals surface area contributed by atoms with Crippen LogP contribution in [0.25, 0.3) is 0 Å². The van der Waals surface area contributed by atoms with Gasteiger partial charge in [0.2, 0.25) is 0 Å². The minimum atomic E-state index is -0.242. The number of ether oxygens (including phenoxy) is 1. The predicted molar refractivity (Wildman–Crippen MR) is 47.1 cm³/mol. The Morgan fingerprint density at radius 2 is 2.46 bits per heavy atom. The second-order valence-corrected chi connectivity index (χ2v) is 2.83. The Morgan fingerprint density at radius 1 is 1.69 bits per heavy atom. The van der Waals surface area contributed by atoms with E-state index >= 15 is 0 Å². The average molecular weight is 183 g/mol. The van der Waals surface area contributed by atoms with Crippen molar-refractivity contribution in [2.24, 2.45) is 0 Å². The van der Waals surface area contributed by atoms with Crippen molar-refractivity contribution >= 4 is 5.97 Å². The zero-order valence-electron chi connectivity index (χ0n) is 7.82. The quantitative estimate of drug-likeness (QED) is 0.650. The molecular weight excluding hydrogens is 170 g/mol. The Morgan fingerprint density at radius 3 is 3.00 bits per heavy atom. The third-order valence-electron chi connectivity index (χ3n) is 1.63. The number of carbonyl (C=O) groups is 1. The van der Waals surface area contributed by atoms with Gasteiger partial charge in [-0.25, -0.2) is 0 Å². The number of furan rings is 1. The fourth-order valence-corrected chi connectivity index (χ4v) is 1.01. The molecule has 4 nitrogen and oxygen atoms in total. The van der Waals surface area contributed by atoms with Gasteiger partial charge in [-0.2, -0.15) is 0 Å². The van der Waals surface area contributed by atoms with E-state index in [1.54, 1.807) is 6.26 Å². The normalized spacial score (nSPS) is 10.4. The van der Waals surface area contributed by atoms with Crippen LogP contribution in [0, 0.1) is 0 Å². The second-order valence-electron chi connectivity index (χ2n) is 2.83. The third-order valence-corrected chi connectivity index (χ3v) is 1.63. The molecule has 13 heavy (non-hydrogen) atoms. The van der Waals surface area contributed by atoms with Crippen LogP contribution in [-0.2, 0) is 16.1 Å². The first-order valence-corrected chi connectivity index (χ1v) is 4.00. The molecule has 72 valence electrons. The number of hydrogen-bond donors (Lipinski definition) is 0. The lowest BCUT2D eigenvalue weighted by Crippen LogP contribution is -2.26. The number of esters is 1. The van der Waals surface area contributed by atoms with Crippen LogP contribution >= 0.6 is 0 Å². The Labute approximate surface area is 77.1 Å². The standard InChI is InChI=1S/C9H13NO3/c1-10(7-9(11)12-2)6-8-4-3-5-13-8/h3-5H,6-7H2,1-2H3. The lowest BCUT2D eigenvalue weighted by atomic mass is 10.4. The van der Waals surface area contributed by atoms with Crippen LogP contribution in [0.4, 0.5) is 0 Å². The van der Waals surface area contributed by atoms with Gasteiger partial charge in [-0.1, -0.05) is 0 Å². The van der Waals surface area contributed by atoms with Crippen molar-refractivity contribution in [2.75, 3.05) is 20.7 Å². The highest BCUT2D eigenvalue weighted by Gasteiger charge is 2.07. The summed E-state index contributed by atoms with van der Waals surface area (Å²) >= 11 is 0. The van der Waals surface area contributed by atoms with Crippen molar-refractivity contribution in [1.82, 2.24) is 4.90 Å². The van der Waals surface area contributed by atoms with Gasteiger partial charge in [0.1, 0.15) is 5.76 Å². The number of carbonyl (C=O) groups excluding carboxylic acids is 1. The maximum Gasteiger partial charge on any atom is 0.319 e. The van der Waals surface area contributed by atoms with Crippen LogP contribution in [-0.4, -0.2) is 31.6 Å². The zero-order valence-corrected chi connectivity index (χ0v) is 7.82. The van der Waals surface area contributed by atoms with E-state index < -0.39 is 0 Å². The summed E-state index contributed by atoms with van der Waals surface area (Å²) in [6.45, 7) is 0.888. The highest BCUT2D eigenvalue weighted by molar-refractivity contribution is 5.71. The van der Waals surface area contributed by atoms with Gasteiger partial charge in [0, 0.05) is 0 Å². The van der Waals surface area contributed by atoms with Gasteiger partial charge in [0.15, 0.2) is 0 Å². The topological polar surface area (TPSA) is 42.7 Å². The highest BCUT2D eigenvalue weighted by Crippen LogP contribution is 2.03. The molecule has 0 aliphatic carbocycles. The summed E-state index contributed by atoms with van der Waals surface area (Å²) in [6, 6.07) is 3.69. The Balaban J connectivity index is 2.33. The van der Waals surface area contributed by atoms with E-state index in [0.29, 0.717) is 6.54 Å². The molecule has 0 radical (unpaired) electrons. The van der Waals surface area contributed by atoms with Crippen molar-refractivity contribution in [1.29, 1.82) is 0 Å². The molecule has 0 N–H and O–H groups in total. The van der Waals surface area contributed by atoms with Gasteiger partial charge in [-0.3, -0.25) is 9.69 Å². The zero-order chi connectivity index (χ0) is 9.68. The number of rotatable bonds is 4. The number of nitrogens with zero attached hydrogens (tertiary/aromatic N) is 1. The molecule has 4 heteroatoms. The largest absolute Gasteiger partial charge is 0.468 e. The maximum absolute atomic E-state index is 10.9. The van der Waals surface area contributed by atoms with E-state index in [2.05, 4.69) is 4.74 Å². The molecule has 0 fully saturated rings. The summed E-state index contributed by atoms with van der Waals surface area (Å²) in [7, 11) is 3.21. The van der Waals surface area contributed by atoms with E-state index in [9.17, 15) is 4.79 Å². The minimum absolute atomic E-state index is 0.242. The van der Waals surface area contributed by atoms with Crippen molar-refractivity contribution in [2.45, 2.75) is 6.54 Å². The predicted octanol–water partition coefficient (Wildman–Crippen LogP) is 0.884. The Bertz CT molecular complexity index is 256. The van der Waals surface area contributed by atoms with E-state index in [-0.39, 0.29) is 12.5 Å². The second kappa shape index (κ2) is 4.67. The van der Waals surface area contributed by atoms with Crippen molar-refractivity contribution < 1.29 is 13.9 Å². The van der Waals surface area contributed by atoms with Crippen LogP contribution in [0.5, 0.6) is 0 Å². The molecule has 1 aromatic rings. The minimum Gasteiger partial charge on any atom is -0.468 e. The summed E-state index contributed by atoms with van der Waals surface area (Å²) in [4.78, 5) is 12.7. The van der Waals surface area contributed by atoms with E-state index in [4.69, 9.17) is 4.42 Å².